The van der Waals surface area contributed by atoms with Crippen molar-refractivity contribution in [2.75, 3.05) is 6.61 Å². The minimum atomic E-state index is -2.35. The summed E-state index contributed by atoms with van der Waals surface area (Å²) in [5.74, 6) is -2.35. The molecule has 15 heavy (non-hydrogen) atoms. The Morgan fingerprint density at radius 2 is 2.00 bits per heavy atom. The van der Waals surface area contributed by atoms with E-state index < -0.39 is 30.3 Å². The summed E-state index contributed by atoms with van der Waals surface area (Å²) in [5, 5.41) is 46.1. The van der Waals surface area contributed by atoms with Gasteiger partial charge < -0.3 is 36.0 Å². The van der Waals surface area contributed by atoms with Gasteiger partial charge in [0, 0.05) is 6.61 Å². The molecule has 0 spiro atoms. The third kappa shape index (κ3) is 2.28. The number of nitrogens with two attached hydrogens (primary N) is 1. The molecule has 0 saturated carbocycles. The second-order valence-electron chi connectivity index (χ2n) is 3.65. The Morgan fingerprint density at radius 1 is 1.40 bits per heavy atom. The predicted octanol–water partition coefficient (Wildman–Crippen LogP) is -3.15. The number of rotatable bonds is 4. The number of ether oxygens (including phenoxy) is 1. The van der Waals surface area contributed by atoms with Gasteiger partial charge in [-0.25, -0.2) is 0 Å². The van der Waals surface area contributed by atoms with Gasteiger partial charge in [0.25, 0.3) is 0 Å². The zero-order valence-electron chi connectivity index (χ0n) is 8.15. The van der Waals surface area contributed by atoms with E-state index in [4.69, 9.17) is 20.7 Å². The van der Waals surface area contributed by atoms with E-state index >= 15 is 0 Å². The first-order chi connectivity index (χ1) is 6.93. The molecule has 1 rings (SSSR count). The summed E-state index contributed by atoms with van der Waals surface area (Å²) >= 11 is 0. The van der Waals surface area contributed by atoms with E-state index in [2.05, 4.69) is 0 Å². The van der Waals surface area contributed by atoms with Crippen LogP contribution in [-0.2, 0) is 4.74 Å². The predicted molar refractivity (Wildman–Crippen MR) is 48.4 cm³/mol. The summed E-state index contributed by atoms with van der Waals surface area (Å²) in [5.41, 5.74) is 5.04. The van der Waals surface area contributed by atoms with E-state index in [0.717, 1.165) is 0 Å². The molecule has 0 aliphatic carbocycles. The van der Waals surface area contributed by atoms with Crippen molar-refractivity contribution in [2.24, 2.45) is 5.73 Å². The lowest BCUT2D eigenvalue weighted by molar-refractivity contribution is -0.275. The molecule has 0 aromatic rings. The van der Waals surface area contributed by atoms with Gasteiger partial charge in [-0.2, -0.15) is 0 Å². The van der Waals surface area contributed by atoms with Crippen LogP contribution in [0.25, 0.3) is 0 Å². The number of aliphatic hydroxyl groups excluding tert-OH is 4. The van der Waals surface area contributed by atoms with Crippen LogP contribution < -0.4 is 5.73 Å². The molecular weight excluding hydrogens is 206 g/mol. The maximum atomic E-state index is 9.61. The van der Waals surface area contributed by atoms with E-state index in [-0.39, 0.29) is 13.0 Å². The van der Waals surface area contributed by atoms with Gasteiger partial charge in [-0.1, -0.05) is 0 Å². The summed E-state index contributed by atoms with van der Waals surface area (Å²) in [6.45, 7) is -0.0910. The van der Waals surface area contributed by atoms with Crippen LogP contribution in [0.15, 0.2) is 0 Å². The largest absolute Gasteiger partial charge is 0.396 e. The molecule has 5 atom stereocenters. The third-order valence-corrected chi connectivity index (χ3v) is 2.54. The highest BCUT2D eigenvalue weighted by Gasteiger charge is 2.56. The van der Waals surface area contributed by atoms with Crippen molar-refractivity contribution in [3.05, 3.63) is 0 Å². The zero-order valence-corrected chi connectivity index (χ0v) is 8.15. The molecule has 0 aromatic heterocycles. The van der Waals surface area contributed by atoms with Crippen LogP contribution in [0.3, 0.4) is 0 Å². The second kappa shape index (κ2) is 4.71. The number of hydrogen-bond acceptors (Lipinski definition) is 7. The van der Waals surface area contributed by atoms with Gasteiger partial charge in [-0.05, 0) is 12.8 Å². The summed E-state index contributed by atoms with van der Waals surface area (Å²) < 4.78 is 4.91. The van der Waals surface area contributed by atoms with Gasteiger partial charge in [0.15, 0.2) is 6.23 Å². The topological polar surface area (TPSA) is 136 Å². The molecule has 7 heteroatoms. The van der Waals surface area contributed by atoms with Crippen molar-refractivity contribution in [1.82, 2.24) is 0 Å². The van der Waals surface area contributed by atoms with Crippen LogP contribution in [-0.4, -0.2) is 62.5 Å². The molecule has 90 valence electrons. The average Bonchev–Trinajstić information content (AvgIpc) is 2.41. The highest BCUT2D eigenvalue weighted by Crippen LogP contribution is 2.32. The molecular formula is C8H17NO6. The molecule has 0 radical (unpaired) electrons. The summed E-state index contributed by atoms with van der Waals surface area (Å²) in [6.07, 6.45) is -5.05. The Labute approximate surface area is 86.7 Å². The number of aliphatic hydroxyl groups is 5. The van der Waals surface area contributed by atoms with Gasteiger partial charge in [0.05, 0.1) is 6.10 Å². The van der Waals surface area contributed by atoms with Crippen LogP contribution in [0.5, 0.6) is 0 Å². The fourth-order valence-electron chi connectivity index (χ4n) is 1.60. The van der Waals surface area contributed by atoms with Crippen LogP contribution in [0, 0.1) is 0 Å². The molecule has 7 nitrogen and oxygen atoms in total. The molecule has 1 aliphatic rings. The molecule has 7 N–H and O–H groups in total. The van der Waals surface area contributed by atoms with E-state index in [1.54, 1.807) is 0 Å². The lowest BCUT2D eigenvalue weighted by Crippen LogP contribution is -2.56. The van der Waals surface area contributed by atoms with Crippen molar-refractivity contribution in [1.29, 1.82) is 0 Å². The maximum Gasteiger partial charge on any atom is 0.235 e. The zero-order chi connectivity index (χ0) is 11.6. The SMILES string of the molecule is NC(O)[C@@]1(O)O[C@@H](CCCO)[C@@H](O)[C@@H]1O. The third-order valence-electron chi connectivity index (χ3n) is 2.54. The Hall–Kier alpha value is -0.280. The van der Waals surface area contributed by atoms with E-state index in [0.29, 0.717) is 6.42 Å². The van der Waals surface area contributed by atoms with Crippen molar-refractivity contribution < 1.29 is 30.3 Å². The van der Waals surface area contributed by atoms with Crippen LogP contribution in [0.1, 0.15) is 12.8 Å². The van der Waals surface area contributed by atoms with Crippen LogP contribution in [0.2, 0.25) is 0 Å². The lowest BCUT2D eigenvalue weighted by atomic mass is 10.0. The molecule has 0 aromatic carbocycles. The van der Waals surface area contributed by atoms with Gasteiger partial charge in [-0.3, -0.25) is 0 Å². The normalized spacial score (nSPS) is 43.2. The van der Waals surface area contributed by atoms with Gasteiger partial charge in [0.2, 0.25) is 5.79 Å². The molecule has 1 unspecified atom stereocenters. The van der Waals surface area contributed by atoms with Gasteiger partial charge in [-0.15, -0.1) is 0 Å². The Kier molecular flexibility index (Phi) is 4.01. The molecule has 1 heterocycles. The number of hydrogen-bond donors (Lipinski definition) is 6. The minimum Gasteiger partial charge on any atom is -0.396 e. The highest BCUT2D eigenvalue weighted by atomic mass is 16.7. The summed E-state index contributed by atoms with van der Waals surface area (Å²) in [7, 11) is 0. The maximum absolute atomic E-state index is 9.61. The van der Waals surface area contributed by atoms with Crippen LogP contribution in [0.4, 0.5) is 0 Å². The van der Waals surface area contributed by atoms with Crippen molar-refractivity contribution in [2.45, 2.75) is 43.2 Å². The summed E-state index contributed by atoms with van der Waals surface area (Å²) in [4.78, 5) is 0. The molecule has 1 saturated heterocycles. The van der Waals surface area contributed by atoms with Crippen molar-refractivity contribution in [3.63, 3.8) is 0 Å². The van der Waals surface area contributed by atoms with Crippen molar-refractivity contribution >= 4 is 0 Å². The first-order valence-electron chi connectivity index (χ1n) is 4.74. The fourth-order valence-corrected chi connectivity index (χ4v) is 1.60. The Morgan fingerprint density at radius 3 is 2.40 bits per heavy atom. The first kappa shape index (κ1) is 12.8. The van der Waals surface area contributed by atoms with E-state index in [9.17, 15) is 15.3 Å². The molecule has 0 amide bonds. The smallest absolute Gasteiger partial charge is 0.235 e. The van der Waals surface area contributed by atoms with E-state index in [1.807, 2.05) is 0 Å². The molecule has 1 aliphatic heterocycles. The van der Waals surface area contributed by atoms with Gasteiger partial charge in [0.1, 0.15) is 12.2 Å². The molecule has 0 bridgehead atoms. The van der Waals surface area contributed by atoms with E-state index in [1.165, 1.54) is 0 Å². The highest BCUT2D eigenvalue weighted by molar-refractivity contribution is 4.97. The Bertz CT molecular complexity index is 213. The lowest BCUT2D eigenvalue weighted by Gasteiger charge is -2.28. The first-order valence-corrected chi connectivity index (χ1v) is 4.74. The van der Waals surface area contributed by atoms with Gasteiger partial charge >= 0.3 is 0 Å². The minimum absolute atomic E-state index is 0.0910. The quantitative estimate of drug-likeness (QED) is 0.277. The summed E-state index contributed by atoms with van der Waals surface area (Å²) in [6, 6.07) is 0. The second-order valence-corrected chi connectivity index (χ2v) is 3.65. The van der Waals surface area contributed by atoms with Crippen LogP contribution >= 0.6 is 0 Å². The Balaban J connectivity index is 2.67. The fraction of sp³-hybridized carbons (Fsp3) is 1.00. The monoisotopic (exact) mass is 223 g/mol. The standard InChI is InChI=1S/C8H17NO6/c9-7(13)8(14)6(12)5(11)4(15-8)2-1-3-10/h4-7,10-14H,1-3,9H2/t4-,5+,6-,7?,8-/m0/s1. The van der Waals surface area contributed by atoms with Crippen molar-refractivity contribution in [3.8, 4) is 0 Å². The average molecular weight is 223 g/mol. The molecule has 1 fully saturated rings.